The maximum absolute atomic E-state index is 5.92. The maximum atomic E-state index is 5.92. The third kappa shape index (κ3) is 3.52. The third-order valence-corrected chi connectivity index (χ3v) is 4.09. The lowest BCUT2D eigenvalue weighted by atomic mass is 9.95. The number of aromatic nitrogens is 2. The molecule has 1 aromatic carbocycles. The fourth-order valence-corrected chi connectivity index (χ4v) is 2.93. The topological polar surface area (TPSA) is 39.1 Å². The first kappa shape index (κ1) is 14.3. The van der Waals surface area contributed by atoms with Crippen LogP contribution in [0, 0.1) is 5.92 Å². The zero-order valence-corrected chi connectivity index (χ0v) is 12.5. The van der Waals surface area contributed by atoms with Crippen LogP contribution in [0.25, 0.3) is 0 Å². The molecule has 0 amide bonds. The van der Waals surface area contributed by atoms with E-state index in [1.54, 1.807) is 0 Å². The summed E-state index contributed by atoms with van der Waals surface area (Å²) < 4.78 is 7.88. The van der Waals surface area contributed by atoms with Crippen LogP contribution in [0.15, 0.2) is 42.7 Å². The van der Waals surface area contributed by atoms with Gasteiger partial charge in [-0.05, 0) is 18.9 Å². The predicted octanol–water partition coefficient (Wildman–Crippen LogP) is 2.77. The molecule has 1 saturated heterocycles. The number of nitrogens with one attached hydrogen (secondary N) is 1. The van der Waals surface area contributed by atoms with Gasteiger partial charge in [-0.15, -0.1) is 0 Å². The molecule has 1 N–H and O–H groups in total. The standard InChI is InChI=1S/C17H23N3O/c1-2-20-13-14(11-19-20)10-18-12-16-8-9-21-17(16)15-6-4-3-5-7-15/h3-7,11,13,16-18H,2,8-10,12H2,1H3/t16-,17-/m1/s1. The van der Waals surface area contributed by atoms with Crippen molar-refractivity contribution >= 4 is 0 Å². The second kappa shape index (κ2) is 6.87. The van der Waals surface area contributed by atoms with E-state index >= 15 is 0 Å². The first-order valence-electron chi connectivity index (χ1n) is 7.75. The summed E-state index contributed by atoms with van der Waals surface area (Å²) in [6.07, 6.45) is 5.40. The number of benzene rings is 1. The summed E-state index contributed by atoms with van der Waals surface area (Å²) in [4.78, 5) is 0. The van der Waals surface area contributed by atoms with Gasteiger partial charge in [0.25, 0.3) is 0 Å². The number of rotatable bonds is 6. The molecule has 1 aliphatic rings. The Kier molecular flexibility index (Phi) is 4.68. The summed E-state index contributed by atoms with van der Waals surface area (Å²) in [7, 11) is 0. The van der Waals surface area contributed by atoms with Gasteiger partial charge in [-0.25, -0.2) is 0 Å². The zero-order chi connectivity index (χ0) is 14.5. The molecule has 2 heterocycles. The Labute approximate surface area is 126 Å². The molecule has 21 heavy (non-hydrogen) atoms. The molecule has 4 heteroatoms. The lowest BCUT2D eigenvalue weighted by Gasteiger charge is -2.19. The van der Waals surface area contributed by atoms with Crippen LogP contribution in [0.4, 0.5) is 0 Å². The maximum Gasteiger partial charge on any atom is 0.0866 e. The van der Waals surface area contributed by atoms with E-state index in [0.717, 1.165) is 32.7 Å². The van der Waals surface area contributed by atoms with Gasteiger partial charge in [0, 0.05) is 43.9 Å². The molecule has 3 rings (SSSR count). The lowest BCUT2D eigenvalue weighted by Crippen LogP contribution is -2.24. The van der Waals surface area contributed by atoms with Crippen LogP contribution in [0.5, 0.6) is 0 Å². The number of hydrogen-bond donors (Lipinski definition) is 1. The predicted molar refractivity (Wildman–Crippen MR) is 82.8 cm³/mol. The molecular formula is C17H23N3O. The van der Waals surface area contributed by atoms with E-state index in [9.17, 15) is 0 Å². The first-order valence-corrected chi connectivity index (χ1v) is 7.75. The molecule has 0 spiro atoms. The Hall–Kier alpha value is -1.65. The summed E-state index contributed by atoms with van der Waals surface area (Å²) >= 11 is 0. The zero-order valence-electron chi connectivity index (χ0n) is 12.5. The molecular weight excluding hydrogens is 262 g/mol. The van der Waals surface area contributed by atoms with Crippen molar-refractivity contribution in [3.8, 4) is 0 Å². The average molecular weight is 285 g/mol. The van der Waals surface area contributed by atoms with Crippen molar-refractivity contribution in [2.45, 2.75) is 32.5 Å². The fourth-order valence-electron chi connectivity index (χ4n) is 2.93. The van der Waals surface area contributed by atoms with E-state index in [4.69, 9.17) is 4.74 Å². The van der Waals surface area contributed by atoms with Crippen molar-refractivity contribution in [3.05, 3.63) is 53.9 Å². The minimum Gasteiger partial charge on any atom is -0.373 e. The molecule has 1 aliphatic heterocycles. The SMILES string of the molecule is CCn1cc(CNC[C@H]2CCO[C@@H]2c2ccccc2)cn1. The smallest absolute Gasteiger partial charge is 0.0866 e. The Morgan fingerprint density at radius 2 is 2.19 bits per heavy atom. The first-order chi connectivity index (χ1) is 10.4. The van der Waals surface area contributed by atoms with Crippen LogP contribution in [0.2, 0.25) is 0 Å². The lowest BCUT2D eigenvalue weighted by molar-refractivity contribution is 0.0904. The summed E-state index contributed by atoms with van der Waals surface area (Å²) in [6, 6.07) is 10.5. The highest BCUT2D eigenvalue weighted by molar-refractivity contribution is 5.19. The molecule has 0 bridgehead atoms. The minimum absolute atomic E-state index is 0.233. The molecule has 0 saturated carbocycles. The summed E-state index contributed by atoms with van der Waals surface area (Å²) in [5.41, 5.74) is 2.53. The van der Waals surface area contributed by atoms with Crippen molar-refractivity contribution in [1.29, 1.82) is 0 Å². The van der Waals surface area contributed by atoms with Crippen LogP contribution in [-0.4, -0.2) is 22.9 Å². The van der Waals surface area contributed by atoms with E-state index in [2.05, 4.69) is 53.9 Å². The largest absolute Gasteiger partial charge is 0.373 e. The van der Waals surface area contributed by atoms with Gasteiger partial charge in [0.15, 0.2) is 0 Å². The molecule has 2 atom stereocenters. The number of nitrogens with zero attached hydrogens (tertiary/aromatic N) is 2. The number of hydrogen-bond acceptors (Lipinski definition) is 3. The van der Waals surface area contributed by atoms with Gasteiger partial charge < -0.3 is 10.1 Å². The highest BCUT2D eigenvalue weighted by Crippen LogP contribution is 2.33. The van der Waals surface area contributed by atoms with E-state index < -0.39 is 0 Å². The highest BCUT2D eigenvalue weighted by atomic mass is 16.5. The van der Waals surface area contributed by atoms with E-state index in [0.29, 0.717) is 5.92 Å². The molecule has 112 valence electrons. The van der Waals surface area contributed by atoms with Crippen molar-refractivity contribution in [3.63, 3.8) is 0 Å². The van der Waals surface area contributed by atoms with E-state index in [-0.39, 0.29) is 6.10 Å². The molecule has 4 nitrogen and oxygen atoms in total. The van der Waals surface area contributed by atoms with E-state index in [1.165, 1.54) is 11.1 Å². The van der Waals surface area contributed by atoms with Crippen LogP contribution in [0.1, 0.15) is 30.6 Å². The highest BCUT2D eigenvalue weighted by Gasteiger charge is 2.28. The van der Waals surface area contributed by atoms with Crippen molar-refractivity contribution in [1.82, 2.24) is 15.1 Å². The average Bonchev–Trinajstić information content (AvgIpc) is 3.17. The van der Waals surface area contributed by atoms with Gasteiger partial charge in [-0.1, -0.05) is 30.3 Å². The summed E-state index contributed by atoms with van der Waals surface area (Å²) in [5, 5.41) is 7.85. The molecule has 1 aromatic heterocycles. The monoisotopic (exact) mass is 285 g/mol. The molecule has 0 aliphatic carbocycles. The Morgan fingerprint density at radius 1 is 1.33 bits per heavy atom. The van der Waals surface area contributed by atoms with Crippen LogP contribution >= 0.6 is 0 Å². The number of ether oxygens (including phenoxy) is 1. The van der Waals surface area contributed by atoms with Crippen molar-refractivity contribution in [2.24, 2.45) is 5.92 Å². The summed E-state index contributed by atoms with van der Waals surface area (Å²) in [5.74, 6) is 0.550. The van der Waals surface area contributed by atoms with Gasteiger partial charge in [0.1, 0.15) is 0 Å². The van der Waals surface area contributed by atoms with Gasteiger partial charge in [-0.2, -0.15) is 5.10 Å². The second-order valence-corrected chi connectivity index (χ2v) is 5.59. The van der Waals surface area contributed by atoms with Crippen molar-refractivity contribution < 1.29 is 4.74 Å². The molecule has 0 radical (unpaired) electrons. The van der Waals surface area contributed by atoms with Crippen molar-refractivity contribution in [2.75, 3.05) is 13.2 Å². The van der Waals surface area contributed by atoms with E-state index in [1.807, 2.05) is 10.9 Å². The minimum atomic E-state index is 0.233. The van der Waals surface area contributed by atoms with Gasteiger partial charge in [-0.3, -0.25) is 4.68 Å². The van der Waals surface area contributed by atoms with Gasteiger partial charge in [0.2, 0.25) is 0 Å². The van der Waals surface area contributed by atoms with Crippen LogP contribution < -0.4 is 5.32 Å². The molecule has 1 fully saturated rings. The Morgan fingerprint density at radius 3 is 2.95 bits per heavy atom. The second-order valence-electron chi connectivity index (χ2n) is 5.59. The normalized spacial score (nSPS) is 21.8. The molecule has 2 aromatic rings. The fraction of sp³-hybridized carbons (Fsp3) is 0.471. The molecule has 0 unspecified atom stereocenters. The quantitative estimate of drug-likeness (QED) is 0.887. The Balaban J connectivity index is 1.52. The van der Waals surface area contributed by atoms with Crippen LogP contribution in [-0.2, 0) is 17.8 Å². The summed E-state index contributed by atoms with van der Waals surface area (Å²) in [6.45, 7) is 5.74. The van der Waals surface area contributed by atoms with Crippen LogP contribution in [0.3, 0.4) is 0 Å². The Bertz CT molecular complexity index is 552. The number of aryl methyl sites for hydroxylation is 1. The third-order valence-electron chi connectivity index (χ3n) is 4.09. The van der Waals surface area contributed by atoms with Gasteiger partial charge in [0.05, 0.1) is 12.3 Å². The van der Waals surface area contributed by atoms with Gasteiger partial charge >= 0.3 is 0 Å².